The normalized spacial score (nSPS) is 15.2. The molecule has 1 aromatic rings. The summed E-state index contributed by atoms with van der Waals surface area (Å²) < 4.78 is 13.6. The molecule has 0 aliphatic carbocycles. The molecule has 1 aliphatic rings. The maximum atomic E-state index is 13.0. The Balaban J connectivity index is 2.50. The van der Waals surface area contributed by atoms with Crippen molar-refractivity contribution in [1.29, 1.82) is 0 Å². The van der Waals surface area contributed by atoms with E-state index in [4.69, 9.17) is 0 Å². The predicted octanol–water partition coefficient (Wildman–Crippen LogP) is 1.63. The Morgan fingerprint density at radius 2 is 1.93 bits per heavy atom. The number of carbonyl (C=O) groups excluding carboxylic acids is 2. The van der Waals surface area contributed by atoms with Crippen molar-refractivity contribution in [2.45, 2.75) is 0 Å². The maximum Gasteiger partial charge on any atom is 0.258 e. The van der Waals surface area contributed by atoms with Gasteiger partial charge in [-0.25, -0.2) is 4.39 Å². The summed E-state index contributed by atoms with van der Waals surface area (Å²) in [4.78, 5) is 22.2. The van der Waals surface area contributed by atoms with E-state index >= 15 is 0 Å². The summed E-state index contributed by atoms with van der Waals surface area (Å²) >= 11 is 3.11. The minimum absolute atomic E-state index is 0.181. The molecule has 0 atom stereocenters. The van der Waals surface area contributed by atoms with E-state index in [2.05, 4.69) is 21.2 Å². The number of benzene rings is 1. The first kappa shape index (κ1) is 10.0. The first-order valence-electron chi connectivity index (χ1n) is 4.10. The lowest BCUT2D eigenvalue weighted by Gasteiger charge is -2.01. The molecule has 0 saturated heterocycles. The predicted molar refractivity (Wildman–Crippen MR) is 55.2 cm³/mol. The van der Waals surface area contributed by atoms with E-state index < -0.39 is 17.6 Å². The Morgan fingerprint density at radius 1 is 1.20 bits per heavy atom. The van der Waals surface area contributed by atoms with Gasteiger partial charge in [-0.2, -0.15) is 0 Å². The largest absolute Gasteiger partial charge is 0.289 e. The zero-order valence-electron chi connectivity index (χ0n) is 7.38. The van der Waals surface area contributed by atoms with Gasteiger partial charge in [0.1, 0.15) is 5.82 Å². The summed E-state index contributed by atoms with van der Waals surface area (Å²) in [5.41, 5.74) is 0.561. The van der Waals surface area contributed by atoms with Crippen molar-refractivity contribution in [2.75, 3.05) is 0 Å². The highest BCUT2D eigenvalue weighted by atomic mass is 79.9. The summed E-state index contributed by atoms with van der Waals surface area (Å²) in [7, 11) is 0. The van der Waals surface area contributed by atoms with Crippen LogP contribution in [-0.4, -0.2) is 11.8 Å². The van der Waals surface area contributed by atoms with Crippen LogP contribution in [0.4, 0.5) is 4.39 Å². The summed E-state index contributed by atoms with van der Waals surface area (Å²) in [5.74, 6) is -1.44. The summed E-state index contributed by atoms with van der Waals surface area (Å²) in [6, 6.07) is 4.06. The third-order valence-corrected chi connectivity index (χ3v) is 2.39. The Kier molecular flexibility index (Phi) is 2.40. The third kappa shape index (κ3) is 1.97. The summed E-state index contributed by atoms with van der Waals surface area (Å²) in [5, 5.41) is 2.10. The number of hydrogen-bond donors (Lipinski definition) is 1. The fraction of sp³-hybridized carbons (Fsp3) is 0. The minimum Gasteiger partial charge on any atom is -0.289 e. The molecule has 0 fully saturated rings. The lowest BCUT2D eigenvalue weighted by atomic mass is 10.1. The molecule has 1 heterocycles. The highest BCUT2D eigenvalue weighted by Crippen LogP contribution is 2.23. The lowest BCUT2D eigenvalue weighted by molar-refractivity contribution is -0.123. The number of hydrogen-bond acceptors (Lipinski definition) is 2. The molecular weight excluding hydrogens is 265 g/mol. The van der Waals surface area contributed by atoms with Gasteiger partial charge in [0.05, 0.1) is 5.57 Å². The number of halogens is 2. The van der Waals surface area contributed by atoms with Gasteiger partial charge in [0.15, 0.2) is 0 Å². The van der Waals surface area contributed by atoms with Crippen molar-refractivity contribution in [3.8, 4) is 0 Å². The molecule has 1 aromatic carbocycles. The standard InChI is InChI=1S/C10H5BrFNO2/c11-6-1-5(2-7(12)3-6)8-4-9(14)13-10(8)15/h1-4H,(H,13,14,15). The molecule has 1 N–H and O–H groups in total. The van der Waals surface area contributed by atoms with Gasteiger partial charge in [-0.05, 0) is 23.8 Å². The van der Waals surface area contributed by atoms with E-state index in [1.165, 1.54) is 12.1 Å². The highest BCUT2D eigenvalue weighted by Gasteiger charge is 2.22. The average Bonchev–Trinajstić information content (AvgIpc) is 2.43. The number of imide groups is 1. The zero-order valence-corrected chi connectivity index (χ0v) is 8.97. The number of nitrogens with one attached hydrogen (secondary N) is 1. The first-order valence-corrected chi connectivity index (χ1v) is 4.89. The first-order chi connectivity index (χ1) is 7.06. The molecular formula is C10H5BrFNO2. The van der Waals surface area contributed by atoms with Crippen molar-refractivity contribution in [3.63, 3.8) is 0 Å². The molecule has 1 aliphatic heterocycles. The van der Waals surface area contributed by atoms with Crippen LogP contribution in [0.15, 0.2) is 28.7 Å². The minimum atomic E-state index is -0.502. The molecule has 0 aromatic heterocycles. The van der Waals surface area contributed by atoms with Gasteiger partial charge in [0.25, 0.3) is 11.8 Å². The quantitative estimate of drug-likeness (QED) is 0.788. The van der Waals surface area contributed by atoms with Crippen molar-refractivity contribution in [3.05, 3.63) is 40.1 Å². The molecule has 76 valence electrons. The van der Waals surface area contributed by atoms with Crippen molar-refractivity contribution < 1.29 is 14.0 Å². The van der Waals surface area contributed by atoms with Crippen LogP contribution in [0.2, 0.25) is 0 Å². The molecule has 0 saturated carbocycles. The lowest BCUT2D eigenvalue weighted by Crippen LogP contribution is -2.21. The van der Waals surface area contributed by atoms with Crippen LogP contribution >= 0.6 is 15.9 Å². The summed E-state index contributed by atoms with van der Waals surface area (Å²) in [6.45, 7) is 0. The second-order valence-electron chi connectivity index (χ2n) is 3.03. The van der Waals surface area contributed by atoms with Crippen LogP contribution in [0.3, 0.4) is 0 Å². The molecule has 2 rings (SSSR count). The average molecular weight is 270 g/mol. The van der Waals surface area contributed by atoms with E-state index in [1.54, 1.807) is 6.07 Å². The van der Waals surface area contributed by atoms with Gasteiger partial charge in [0.2, 0.25) is 0 Å². The maximum absolute atomic E-state index is 13.0. The zero-order chi connectivity index (χ0) is 11.0. The number of carbonyl (C=O) groups is 2. The molecule has 0 bridgehead atoms. The molecule has 2 amide bonds. The fourth-order valence-corrected chi connectivity index (χ4v) is 1.80. The molecule has 3 nitrogen and oxygen atoms in total. The van der Waals surface area contributed by atoms with Gasteiger partial charge in [-0.1, -0.05) is 15.9 Å². The summed E-state index contributed by atoms with van der Waals surface area (Å²) in [6.07, 6.45) is 1.16. The Bertz CT molecular complexity index is 476. The van der Waals surface area contributed by atoms with Gasteiger partial charge < -0.3 is 0 Å². The topological polar surface area (TPSA) is 46.2 Å². The van der Waals surface area contributed by atoms with Crippen LogP contribution in [0.1, 0.15) is 5.56 Å². The molecule has 0 unspecified atom stereocenters. The Morgan fingerprint density at radius 3 is 2.47 bits per heavy atom. The Hall–Kier alpha value is -1.49. The molecule has 0 radical (unpaired) electrons. The van der Waals surface area contributed by atoms with Gasteiger partial charge >= 0.3 is 0 Å². The van der Waals surface area contributed by atoms with E-state index in [0.29, 0.717) is 10.0 Å². The van der Waals surface area contributed by atoms with Crippen molar-refractivity contribution in [1.82, 2.24) is 5.32 Å². The SMILES string of the molecule is O=C1C=C(c2cc(F)cc(Br)c2)C(=O)N1. The smallest absolute Gasteiger partial charge is 0.258 e. The van der Waals surface area contributed by atoms with Gasteiger partial charge in [-0.3, -0.25) is 14.9 Å². The third-order valence-electron chi connectivity index (χ3n) is 1.93. The van der Waals surface area contributed by atoms with Crippen LogP contribution in [0.25, 0.3) is 5.57 Å². The molecule has 5 heteroatoms. The number of amides is 2. The fourth-order valence-electron chi connectivity index (χ4n) is 1.34. The second kappa shape index (κ2) is 3.58. The Labute approximate surface area is 93.1 Å². The van der Waals surface area contributed by atoms with E-state index in [0.717, 1.165) is 6.08 Å². The van der Waals surface area contributed by atoms with Crippen molar-refractivity contribution in [2.24, 2.45) is 0 Å². The molecule has 0 spiro atoms. The van der Waals surface area contributed by atoms with Crippen LogP contribution in [0.5, 0.6) is 0 Å². The monoisotopic (exact) mass is 269 g/mol. The highest BCUT2D eigenvalue weighted by molar-refractivity contribution is 9.10. The van der Waals surface area contributed by atoms with Crippen molar-refractivity contribution >= 4 is 33.3 Å². The van der Waals surface area contributed by atoms with Crippen LogP contribution in [-0.2, 0) is 9.59 Å². The van der Waals surface area contributed by atoms with E-state index in [-0.39, 0.29) is 5.57 Å². The van der Waals surface area contributed by atoms with Gasteiger partial charge in [0, 0.05) is 10.5 Å². The number of rotatable bonds is 1. The molecule has 15 heavy (non-hydrogen) atoms. The van der Waals surface area contributed by atoms with Gasteiger partial charge in [-0.15, -0.1) is 0 Å². The van der Waals surface area contributed by atoms with Crippen LogP contribution < -0.4 is 5.32 Å². The van der Waals surface area contributed by atoms with E-state index in [9.17, 15) is 14.0 Å². The van der Waals surface area contributed by atoms with Crippen LogP contribution in [0, 0.1) is 5.82 Å². The second-order valence-corrected chi connectivity index (χ2v) is 3.95. The van der Waals surface area contributed by atoms with E-state index in [1.807, 2.05) is 0 Å².